The van der Waals surface area contributed by atoms with Gasteiger partial charge in [-0.1, -0.05) is 36.4 Å². The predicted molar refractivity (Wildman–Crippen MR) is 91.9 cm³/mol. The normalized spacial score (nSPS) is 16.4. The average Bonchev–Trinajstić information content (AvgIpc) is 3.03. The van der Waals surface area contributed by atoms with Crippen LogP contribution in [0.25, 0.3) is 10.9 Å². The summed E-state index contributed by atoms with van der Waals surface area (Å²) in [5.74, 6) is 1.24. The van der Waals surface area contributed by atoms with Gasteiger partial charge in [0.05, 0.1) is 18.3 Å². The van der Waals surface area contributed by atoms with E-state index in [4.69, 9.17) is 4.74 Å². The minimum Gasteiger partial charge on any atom is -0.493 e. The van der Waals surface area contributed by atoms with Gasteiger partial charge >= 0.3 is 0 Å². The molecule has 2 heterocycles. The Morgan fingerprint density at radius 3 is 3.00 bits per heavy atom. The molecule has 0 aliphatic carbocycles. The van der Waals surface area contributed by atoms with Crippen LogP contribution in [0.2, 0.25) is 0 Å². The number of benzene rings is 2. The van der Waals surface area contributed by atoms with Crippen molar-refractivity contribution in [2.75, 3.05) is 13.2 Å². The van der Waals surface area contributed by atoms with Crippen LogP contribution in [0.3, 0.4) is 0 Å². The monoisotopic (exact) mass is 321 g/mol. The van der Waals surface area contributed by atoms with E-state index in [-0.39, 0.29) is 12.5 Å². The van der Waals surface area contributed by atoms with Crippen molar-refractivity contribution in [3.8, 4) is 5.75 Å². The van der Waals surface area contributed by atoms with Crippen LogP contribution >= 0.6 is 0 Å². The quantitative estimate of drug-likeness (QED) is 0.803. The first kappa shape index (κ1) is 14.8. The van der Waals surface area contributed by atoms with E-state index in [9.17, 15) is 4.79 Å². The number of aromatic nitrogens is 2. The maximum absolute atomic E-state index is 12.2. The maximum atomic E-state index is 12.2. The van der Waals surface area contributed by atoms with E-state index in [1.807, 2.05) is 42.5 Å². The Kier molecular flexibility index (Phi) is 3.91. The number of hydrogen-bond donors (Lipinski definition) is 1. The lowest BCUT2D eigenvalue weighted by molar-refractivity contribution is -0.122. The van der Waals surface area contributed by atoms with Gasteiger partial charge in [-0.05, 0) is 24.1 Å². The second-order valence-corrected chi connectivity index (χ2v) is 6.15. The molecular weight excluding hydrogens is 302 g/mol. The van der Waals surface area contributed by atoms with Crippen molar-refractivity contribution in [2.45, 2.75) is 13.0 Å². The van der Waals surface area contributed by atoms with E-state index in [1.165, 1.54) is 5.56 Å². The second kappa shape index (κ2) is 6.35. The fraction of sp³-hybridized carbons (Fsp3) is 0.263. The Morgan fingerprint density at radius 2 is 2.04 bits per heavy atom. The molecule has 1 atom stereocenters. The summed E-state index contributed by atoms with van der Waals surface area (Å²) in [7, 11) is 0. The van der Waals surface area contributed by atoms with Crippen LogP contribution in [0.5, 0.6) is 5.75 Å². The summed E-state index contributed by atoms with van der Waals surface area (Å²) in [4.78, 5) is 12.2. The van der Waals surface area contributed by atoms with Crippen LogP contribution in [0.4, 0.5) is 0 Å². The van der Waals surface area contributed by atoms with Gasteiger partial charge in [0.1, 0.15) is 12.3 Å². The summed E-state index contributed by atoms with van der Waals surface area (Å²) >= 11 is 0. The smallest absolute Gasteiger partial charge is 0.241 e. The second-order valence-electron chi connectivity index (χ2n) is 6.15. The van der Waals surface area contributed by atoms with Crippen molar-refractivity contribution in [3.63, 3.8) is 0 Å². The van der Waals surface area contributed by atoms with Gasteiger partial charge in [-0.2, -0.15) is 5.10 Å². The number of rotatable bonds is 4. The van der Waals surface area contributed by atoms with Gasteiger partial charge in [0.25, 0.3) is 0 Å². The van der Waals surface area contributed by atoms with Crippen LogP contribution in [0, 0.1) is 5.92 Å². The SMILES string of the molecule is O=C(Cn1ncc2ccccc21)NCC1COc2ccccc2C1. The maximum Gasteiger partial charge on any atom is 0.241 e. The van der Waals surface area contributed by atoms with Gasteiger partial charge in [0.2, 0.25) is 5.91 Å². The topological polar surface area (TPSA) is 56.2 Å². The Bertz CT molecular complexity index is 872. The number of nitrogens with one attached hydrogen (secondary N) is 1. The fourth-order valence-electron chi connectivity index (χ4n) is 3.12. The van der Waals surface area contributed by atoms with Crippen LogP contribution in [0.15, 0.2) is 54.7 Å². The zero-order valence-electron chi connectivity index (χ0n) is 13.3. The Hall–Kier alpha value is -2.82. The van der Waals surface area contributed by atoms with Crippen molar-refractivity contribution in [3.05, 3.63) is 60.3 Å². The van der Waals surface area contributed by atoms with E-state index in [0.29, 0.717) is 19.1 Å². The fourth-order valence-corrected chi connectivity index (χ4v) is 3.12. The Morgan fingerprint density at radius 1 is 1.21 bits per heavy atom. The van der Waals surface area contributed by atoms with Gasteiger partial charge < -0.3 is 10.1 Å². The molecule has 0 saturated carbocycles. The predicted octanol–water partition coefficient (Wildman–Crippen LogP) is 2.40. The molecule has 1 aliphatic rings. The number of para-hydroxylation sites is 2. The number of amides is 1. The molecule has 1 aliphatic heterocycles. The highest BCUT2D eigenvalue weighted by molar-refractivity contribution is 5.81. The third-order valence-corrected chi connectivity index (χ3v) is 4.39. The number of hydrogen-bond acceptors (Lipinski definition) is 3. The highest BCUT2D eigenvalue weighted by Gasteiger charge is 2.20. The molecule has 1 unspecified atom stereocenters. The minimum absolute atomic E-state index is 0.0253. The van der Waals surface area contributed by atoms with Gasteiger partial charge in [0.15, 0.2) is 0 Å². The molecule has 5 nitrogen and oxygen atoms in total. The number of fused-ring (bicyclic) bond motifs is 2. The zero-order chi connectivity index (χ0) is 16.4. The molecule has 3 aromatic rings. The Balaban J connectivity index is 1.34. The zero-order valence-corrected chi connectivity index (χ0v) is 13.3. The number of carbonyl (C=O) groups is 1. The molecule has 122 valence electrons. The molecule has 0 radical (unpaired) electrons. The average molecular weight is 321 g/mol. The standard InChI is InChI=1S/C19H19N3O2/c23-19(12-22-17-7-3-1-6-16(17)11-21-22)20-10-14-9-15-5-2-4-8-18(15)24-13-14/h1-8,11,14H,9-10,12-13H2,(H,20,23). The van der Waals surface area contributed by atoms with Gasteiger partial charge in [-0.3, -0.25) is 9.48 Å². The number of nitrogens with zero attached hydrogens (tertiary/aromatic N) is 2. The minimum atomic E-state index is -0.0253. The molecule has 1 aromatic heterocycles. The third kappa shape index (κ3) is 2.97. The molecule has 24 heavy (non-hydrogen) atoms. The summed E-state index contributed by atoms with van der Waals surface area (Å²) in [6.07, 6.45) is 2.72. The molecule has 0 saturated heterocycles. The van der Waals surface area contributed by atoms with E-state index in [1.54, 1.807) is 10.9 Å². The number of carbonyl (C=O) groups excluding carboxylic acids is 1. The summed E-state index contributed by atoms with van der Waals surface area (Å²) in [6.45, 7) is 1.49. The first-order chi connectivity index (χ1) is 11.8. The molecule has 0 bridgehead atoms. The molecule has 2 aromatic carbocycles. The number of ether oxygens (including phenoxy) is 1. The van der Waals surface area contributed by atoms with Crippen molar-refractivity contribution in [1.29, 1.82) is 0 Å². The molecule has 4 rings (SSSR count). The van der Waals surface area contributed by atoms with Crippen molar-refractivity contribution in [1.82, 2.24) is 15.1 Å². The first-order valence-electron chi connectivity index (χ1n) is 8.17. The summed E-state index contributed by atoms with van der Waals surface area (Å²) in [5, 5.41) is 8.34. The lowest BCUT2D eigenvalue weighted by Gasteiger charge is -2.25. The van der Waals surface area contributed by atoms with E-state index < -0.39 is 0 Å². The summed E-state index contributed by atoms with van der Waals surface area (Å²) in [6, 6.07) is 16.0. The Labute approximate surface area is 140 Å². The van der Waals surface area contributed by atoms with Crippen molar-refractivity contribution < 1.29 is 9.53 Å². The molecule has 0 fully saturated rings. The highest BCUT2D eigenvalue weighted by Crippen LogP contribution is 2.26. The van der Waals surface area contributed by atoms with Crippen LogP contribution in [-0.2, 0) is 17.8 Å². The molecule has 1 amide bonds. The summed E-state index contributed by atoms with van der Waals surface area (Å²) in [5.41, 5.74) is 2.18. The van der Waals surface area contributed by atoms with Gasteiger partial charge in [0, 0.05) is 17.8 Å². The van der Waals surface area contributed by atoms with Crippen LogP contribution in [0.1, 0.15) is 5.56 Å². The lowest BCUT2D eigenvalue weighted by Crippen LogP contribution is -2.36. The first-order valence-corrected chi connectivity index (χ1v) is 8.17. The van der Waals surface area contributed by atoms with E-state index >= 15 is 0 Å². The van der Waals surface area contributed by atoms with E-state index in [2.05, 4.69) is 16.5 Å². The van der Waals surface area contributed by atoms with Gasteiger partial charge in [-0.25, -0.2) is 0 Å². The molecular formula is C19H19N3O2. The van der Waals surface area contributed by atoms with Crippen LogP contribution in [-0.4, -0.2) is 28.8 Å². The van der Waals surface area contributed by atoms with Crippen molar-refractivity contribution in [2.24, 2.45) is 5.92 Å². The molecule has 5 heteroatoms. The van der Waals surface area contributed by atoms with Gasteiger partial charge in [-0.15, -0.1) is 0 Å². The van der Waals surface area contributed by atoms with Crippen molar-refractivity contribution >= 4 is 16.8 Å². The lowest BCUT2D eigenvalue weighted by atomic mass is 9.97. The molecule has 0 spiro atoms. The summed E-state index contributed by atoms with van der Waals surface area (Å²) < 4.78 is 7.50. The molecule has 1 N–H and O–H groups in total. The third-order valence-electron chi connectivity index (χ3n) is 4.39. The van der Waals surface area contributed by atoms with Crippen LogP contribution < -0.4 is 10.1 Å². The highest BCUT2D eigenvalue weighted by atomic mass is 16.5. The van der Waals surface area contributed by atoms with E-state index in [0.717, 1.165) is 23.1 Å². The largest absolute Gasteiger partial charge is 0.493 e.